The molecule has 0 radical (unpaired) electrons. The second-order valence-corrected chi connectivity index (χ2v) is 7.30. The van der Waals surface area contributed by atoms with E-state index in [4.69, 9.17) is 4.74 Å². The third kappa shape index (κ3) is 4.77. The van der Waals surface area contributed by atoms with Crippen LogP contribution in [0.15, 0.2) is 53.7 Å². The standard InChI is InChI=1S/C17H22N2O3S/c1-3-14-22-16-4-6-17(7-5-16)23(20,21)19(2)13-10-15-8-11-18-12-9-15/h4-9,11-12H,3,10,13-14H2,1-2H3. The summed E-state index contributed by atoms with van der Waals surface area (Å²) in [6.45, 7) is 3.06. The summed E-state index contributed by atoms with van der Waals surface area (Å²) in [6, 6.07) is 10.3. The molecule has 0 saturated heterocycles. The van der Waals surface area contributed by atoms with E-state index >= 15 is 0 Å². The highest BCUT2D eigenvalue weighted by molar-refractivity contribution is 7.89. The number of aromatic nitrogens is 1. The van der Waals surface area contributed by atoms with Crippen molar-refractivity contribution >= 4 is 10.0 Å². The maximum atomic E-state index is 12.6. The molecule has 5 nitrogen and oxygen atoms in total. The summed E-state index contributed by atoms with van der Waals surface area (Å²) >= 11 is 0. The first-order valence-corrected chi connectivity index (χ1v) is 9.06. The van der Waals surface area contributed by atoms with Gasteiger partial charge < -0.3 is 4.74 Å². The van der Waals surface area contributed by atoms with E-state index < -0.39 is 10.0 Å². The molecule has 0 aliphatic rings. The summed E-state index contributed by atoms with van der Waals surface area (Å²) in [4.78, 5) is 4.23. The van der Waals surface area contributed by atoms with Crippen molar-refractivity contribution in [3.63, 3.8) is 0 Å². The van der Waals surface area contributed by atoms with Crippen molar-refractivity contribution in [3.05, 3.63) is 54.4 Å². The fourth-order valence-electron chi connectivity index (χ4n) is 2.06. The van der Waals surface area contributed by atoms with Gasteiger partial charge in [-0.05, 0) is 54.8 Å². The molecule has 0 amide bonds. The lowest BCUT2D eigenvalue weighted by Crippen LogP contribution is -2.29. The van der Waals surface area contributed by atoms with Gasteiger partial charge in [0, 0.05) is 26.0 Å². The van der Waals surface area contributed by atoms with Crippen molar-refractivity contribution in [2.75, 3.05) is 20.2 Å². The number of hydrogen-bond acceptors (Lipinski definition) is 4. The van der Waals surface area contributed by atoms with Gasteiger partial charge >= 0.3 is 0 Å². The van der Waals surface area contributed by atoms with Gasteiger partial charge in [-0.2, -0.15) is 0 Å². The van der Waals surface area contributed by atoms with Gasteiger partial charge in [-0.25, -0.2) is 12.7 Å². The van der Waals surface area contributed by atoms with E-state index in [0.29, 0.717) is 25.3 Å². The predicted octanol–water partition coefficient (Wildman–Crippen LogP) is 2.73. The molecule has 1 aromatic heterocycles. The lowest BCUT2D eigenvalue weighted by atomic mass is 10.2. The van der Waals surface area contributed by atoms with Gasteiger partial charge in [-0.1, -0.05) is 6.92 Å². The van der Waals surface area contributed by atoms with Crippen LogP contribution in [-0.4, -0.2) is 37.9 Å². The summed E-state index contributed by atoms with van der Waals surface area (Å²) in [5, 5.41) is 0. The second-order valence-electron chi connectivity index (χ2n) is 5.25. The Bertz CT molecular complexity index is 700. The zero-order valence-electron chi connectivity index (χ0n) is 13.5. The zero-order chi connectivity index (χ0) is 16.7. The molecule has 0 aliphatic heterocycles. The molecule has 0 saturated carbocycles. The highest BCUT2D eigenvalue weighted by Gasteiger charge is 2.20. The molecule has 0 bridgehead atoms. The molecule has 1 aromatic carbocycles. The van der Waals surface area contributed by atoms with Crippen LogP contribution in [0.2, 0.25) is 0 Å². The van der Waals surface area contributed by atoms with Gasteiger partial charge in [0.15, 0.2) is 0 Å². The zero-order valence-corrected chi connectivity index (χ0v) is 14.3. The van der Waals surface area contributed by atoms with Gasteiger partial charge in [-0.3, -0.25) is 4.98 Å². The van der Waals surface area contributed by atoms with Crippen LogP contribution in [0.25, 0.3) is 0 Å². The van der Waals surface area contributed by atoms with Crippen LogP contribution >= 0.6 is 0 Å². The van der Waals surface area contributed by atoms with Crippen molar-refractivity contribution in [2.45, 2.75) is 24.7 Å². The minimum absolute atomic E-state index is 0.276. The maximum Gasteiger partial charge on any atom is 0.242 e. The van der Waals surface area contributed by atoms with Crippen LogP contribution in [0.1, 0.15) is 18.9 Å². The number of nitrogens with zero attached hydrogens (tertiary/aromatic N) is 2. The largest absolute Gasteiger partial charge is 0.494 e. The first-order chi connectivity index (χ1) is 11.0. The summed E-state index contributed by atoms with van der Waals surface area (Å²) < 4.78 is 31.9. The molecule has 2 aromatic rings. The molecule has 124 valence electrons. The molecule has 2 rings (SSSR count). The van der Waals surface area contributed by atoms with Crippen LogP contribution in [0.4, 0.5) is 0 Å². The van der Waals surface area contributed by atoms with Crippen molar-refractivity contribution in [2.24, 2.45) is 0 Å². The van der Waals surface area contributed by atoms with E-state index in [2.05, 4.69) is 4.98 Å². The molecule has 0 N–H and O–H groups in total. The summed E-state index contributed by atoms with van der Waals surface area (Å²) in [5.74, 6) is 0.685. The number of ether oxygens (including phenoxy) is 1. The van der Waals surface area contributed by atoms with Crippen LogP contribution in [0, 0.1) is 0 Å². The van der Waals surface area contributed by atoms with Crippen LogP contribution < -0.4 is 4.74 Å². The molecule has 1 heterocycles. The predicted molar refractivity (Wildman–Crippen MR) is 90.0 cm³/mol. The van der Waals surface area contributed by atoms with E-state index in [-0.39, 0.29) is 4.90 Å². The summed E-state index contributed by atoms with van der Waals surface area (Å²) in [5.41, 5.74) is 1.06. The highest BCUT2D eigenvalue weighted by Crippen LogP contribution is 2.19. The molecular weight excluding hydrogens is 312 g/mol. The normalized spacial score (nSPS) is 11.6. The number of hydrogen-bond donors (Lipinski definition) is 0. The molecule has 6 heteroatoms. The van der Waals surface area contributed by atoms with Gasteiger partial charge in [0.2, 0.25) is 10.0 Å². The first-order valence-electron chi connectivity index (χ1n) is 7.62. The average Bonchev–Trinajstić information content (AvgIpc) is 2.59. The number of likely N-dealkylation sites (N-methyl/N-ethyl adjacent to an activating group) is 1. The minimum Gasteiger partial charge on any atom is -0.494 e. The van der Waals surface area contributed by atoms with Crippen molar-refractivity contribution in [3.8, 4) is 5.75 Å². The van der Waals surface area contributed by atoms with E-state index in [9.17, 15) is 8.42 Å². The van der Waals surface area contributed by atoms with Crippen molar-refractivity contribution in [1.29, 1.82) is 0 Å². The molecular formula is C17H22N2O3S. The maximum absolute atomic E-state index is 12.6. The van der Waals surface area contributed by atoms with Gasteiger partial charge in [0.05, 0.1) is 11.5 Å². The van der Waals surface area contributed by atoms with Crippen molar-refractivity contribution < 1.29 is 13.2 Å². The highest BCUT2D eigenvalue weighted by atomic mass is 32.2. The van der Waals surface area contributed by atoms with Gasteiger partial charge in [0.25, 0.3) is 0 Å². The van der Waals surface area contributed by atoms with E-state index in [0.717, 1.165) is 12.0 Å². The SMILES string of the molecule is CCCOc1ccc(S(=O)(=O)N(C)CCc2ccncc2)cc1. The lowest BCUT2D eigenvalue weighted by molar-refractivity contribution is 0.317. The quantitative estimate of drug-likeness (QED) is 0.745. The monoisotopic (exact) mass is 334 g/mol. The molecule has 0 atom stereocenters. The molecule has 0 spiro atoms. The van der Waals surface area contributed by atoms with Gasteiger partial charge in [0.1, 0.15) is 5.75 Å². The fraction of sp³-hybridized carbons (Fsp3) is 0.353. The Hall–Kier alpha value is -1.92. The minimum atomic E-state index is -3.48. The number of pyridine rings is 1. The van der Waals surface area contributed by atoms with E-state index in [1.54, 1.807) is 43.7 Å². The lowest BCUT2D eigenvalue weighted by Gasteiger charge is -2.17. The Morgan fingerprint density at radius 2 is 1.74 bits per heavy atom. The summed E-state index contributed by atoms with van der Waals surface area (Å²) in [6.07, 6.45) is 4.98. The number of benzene rings is 1. The molecule has 0 aliphatic carbocycles. The average molecular weight is 334 g/mol. The van der Waals surface area contributed by atoms with Crippen molar-refractivity contribution in [1.82, 2.24) is 9.29 Å². The number of sulfonamides is 1. The molecule has 0 fully saturated rings. The second kappa shape index (κ2) is 8.08. The first kappa shape index (κ1) is 17.4. The smallest absolute Gasteiger partial charge is 0.242 e. The Kier molecular flexibility index (Phi) is 6.12. The third-order valence-corrected chi connectivity index (χ3v) is 5.34. The van der Waals surface area contributed by atoms with Crippen LogP contribution in [0.5, 0.6) is 5.75 Å². The summed E-state index contributed by atoms with van der Waals surface area (Å²) in [7, 11) is -1.89. The number of rotatable bonds is 8. The Morgan fingerprint density at radius 1 is 1.09 bits per heavy atom. The van der Waals surface area contributed by atoms with E-state index in [1.807, 2.05) is 19.1 Å². The Labute approximate surface area is 138 Å². The van der Waals surface area contributed by atoms with Gasteiger partial charge in [-0.15, -0.1) is 0 Å². The third-order valence-electron chi connectivity index (χ3n) is 3.47. The van der Waals surface area contributed by atoms with E-state index in [1.165, 1.54) is 4.31 Å². The Morgan fingerprint density at radius 3 is 2.35 bits per heavy atom. The molecule has 23 heavy (non-hydrogen) atoms. The molecule has 0 unspecified atom stereocenters. The van der Waals surface area contributed by atoms with Crippen LogP contribution in [0.3, 0.4) is 0 Å². The van der Waals surface area contributed by atoms with Crippen LogP contribution in [-0.2, 0) is 16.4 Å². The fourth-order valence-corrected chi connectivity index (χ4v) is 3.24. The Balaban J connectivity index is 2.02. The topological polar surface area (TPSA) is 59.5 Å².